The highest BCUT2D eigenvalue weighted by molar-refractivity contribution is 6.35. The summed E-state index contributed by atoms with van der Waals surface area (Å²) in [5.74, 6) is 0.825. The fraction of sp³-hybridized carbons (Fsp3) is 0.250. The highest BCUT2D eigenvalue weighted by Gasteiger charge is 2.10. The summed E-state index contributed by atoms with van der Waals surface area (Å²) in [5.41, 5.74) is 6.36. The molecule has 1 aromatic carbocycles. The maximum atomic E-state index is 6.16. The van der Waals surface area contributed by atoms with E-state index < -0.39 is 0 Å². The first-order valence-corrected chi connectivity index (χ1v) is 6.14. The number of halogens is 2. The molecule has 0 unspecified atom stereocenters. The molecule has 0 aliphatic heterocycles. The van der Waals surface area contributed by atoms with Crippen molar-refractivity contribution in [3.05, 3.63) is 40.6 Å². The normalized spacial score (nSPS) is 10.8. The summed E-state index contributed by atoms with van der Waals surface area (Å²) in [4.78, 5) is 4.32. The van der Waals surface area contributed by atoms with E-state index >= 15 is 0 Å². The SMILES string of the molecule is NCCCn1ccnc1-c1cc(Cl)ccc1Cl. The van der Waals surface area contributed by atoms with Gasteiger partial charge in [-0.1, -0.05) is 23.2 Å². The number of aromatic nitrogens is 2. The quantitative estimate of drug-likeness (QED) is 0.927. The van der Waals surface area contributed by atoms with E-state index in [9.17, 15) is 0 Å². The highest BCUT2D eigenvalue weighted by Crippen LogP contribution is 2.29. The zero-order valence-corrected chi connectivity index (χ0v) is 10.7. The largest absolute Gasteiger partial charge is 0.331 e. The third-order valence-electron chi connectivity index (χ3n) is 2.49. The lowest BCUT2D eigenvalue weighted by atomic mass is 10.2. The Labute approximate surface area is 110 Å². The number of hydrogen-bond donors (Lipinski definition) is 1. The topological polar surface area (TPSA) is 43.8 Å². The van der Waals surface area contributed by atoms with Crippen molar-refractivity contribution in [3.63, 3.8) is 0 Å². The minimum absolute atomic E-state index is 0.648. The van der Waals surface area contributed by atoms with E-state index in [2.05, 4.69) is 4.98 Å². The predicted molar refractivity (Wildman–Crippen MR) is 71.4 cm³/mol. The van der Waals surface area contributed by atoms with Crippen LogP contribution in [0.2, 0.25) is 10.0 Å². The number of benzene rings is 1. The Morgan fingerprint density at radius 3 is 2.88 bits per heavy atom. The van der Waals surface area contributed by atoms with Crippen molar-refractivity contribution in [3.8, 4) is 11.4 Å². The van der Waals surface area contributed by atoms with Crippen LogP contribution >= 0.6 is 23.2 Å². The van der Waals surface area contributed by atoms with Crippen molar-refractivity contribution < 1.29 is 0 Å². The molecular formula is C12H13Cl2N3. The first-order chi connectivity index (χ1) is 8.22. The van der Waals surface area contributed by atoms with Gasteiger partial charge >= 0.3 is 0 Å². The van der Waals surface area contributed by atoms with Crippen LogP contribution in [0.25, 0.3) is 11.4 Å². The molecule has 1 heterocycles. The number of imidazole rings is 1. The van der Waals surface area contributed by atoms with Crippen LogP contribution in [0, 0.1) is 0 Å². The molecule has 0 atom stereocenters. The first kappa shape index (κ1) is 12.4. The lowest BCUT2D eigenvalue weighted by Crippen LogP contribution is -2.06. The average molecular weight is 270 g/mol. The molecule has 2 aromatic rings. The highest BCUT2D eigenvalue weighted by atomic mass is 35.5. The van der Waals surface area contributed by atoms with Crippen LogP contribution in [-0.2, 0) is 6.54 Å². The fourth-order valence-electron chi connectivity index (χ4n) is 1.66. The van der Waals surface area contributed by atoms with Gasteiger partial charge in [0.25, 0.3) is 0 Å². The van der Waals surface area contributed by atoms with Gasteiger partial charge in [0.05, 0.1) is 5.02 Å². The smallest absolute Gasteiger partial charge is 0.141 e. The van der Waals surface area contributed by atoms with E-state index in [1.807, 2.05) is 16.8 Å². The van der Waals surface area contributed by atoms with Gasteiger partial charge in [0.15, 0.2) is 0 Å². The molecule has 0 saturated heterocycles. The standard InChI is InChI=1S/C12H13Cl2N3/c13-9-2-3-11(14)10(8-9)12-16-5-7-17(12)6-1-4-15/h2-3,5,7-8H,1,4,6,15H2. The predicted octanol–water partition coefficient (Wildman–Crippen LogP) is 3.21. The van der Waals surface area contributed by atoms with Crippen molar-refractivity contribution in [2.45, 2.75) is 13.0 Å². The lowest BCUT2D eigenvalue weighted by Gasteiger charge is -2.08. The number of nitrogens with two attached hydrogens (primary N) is 1. The van der Waals surface area contributed by atoms with Gasteiger partial charge in [-0.15, -0.1) is 0 Å². The zero-order valence-electron chi connectivity index (χ0n) is 9.24. The molecule has 17 heavy (non-hydrogen) atoms. The molecule has 0 aliphatic rings. The number of hydrogen-bond acceptors (Lipinski definition) is 2. The summed E-state index contributed by atoms with van der Waals surface area (Å²) in [5, 5.41) is 1.30. The van der Waals surface area contributed by atoms with Gasteiger partial charge in [0, 0.05) is 29.5 Å². The molecule has 0 saturated carbocycles. The van der Waals surface area contributed by atoms with Gasteiger partial charge in [0.1, 0.15) is 5.82 Å². The van der Waals surface area contributed by atoms with Crippen LogP contribution < -0.4 is 5.73 Å². The summed E-state index contributed by atoms with van der Waals surface area (Å²) in [6, 6.07) is 5.37. The van der Waals surface area contributed by atoms with Crippen LogP contribution in [0.4, 0.5) is 0 Å². The van der Waals surface area contributed by atoms with Crippen molar-refractivity contribution in [1.29, 1.82) is 0 Å². The molecule has 2 N–H and O–H groups in total. The maximum Gasteiger partial charge on any atom is 0.141 e. The monoisotopic (exact) mass is 269 g/mol. The number of rotatable bonds is 4. The summed E-state index contributed by atoms with van der Waals surface area (Å²) in [6.07, 6.45) is 4.58. The first-order valence-electron chi connectivity index (χ1n) is 5.39. The van der Waals surface area contributed by atoms with Crippen molar-refractivity contribution >= 4 is 23.2 Å². The van der Waals surface area contributed by atoms with E-state index in [1.54, 1.807) is 18.3 Å². The van der Waals surface area contributed by atoms with Gasteiger partial charge in [0.2, 0.25) is 0 Å². The fourth-order valence-corrected chi connectivity index (χ4v) is 2.04. The second-order valence-electron chi connectivity index (χ2n) is 3.71. The molecule has 3 nitrogen and oxygen atoms in total. The Morgan fingerprint density at radius 1 is 1.29 bits per heavy atom. The lowest BCUT2D eigenvalue weighted by molar-refractivity contribution is 0.656. The second-order valence-corrected chi connectivity index (χ2v) is 4.55. The molecule has 2 rings (SSSR count). The van der Waals surface area contributed by atoms with Crippen molar-refractivity contribution in [2.75, 3.05) is 6.54 Å². The minimum Gasteiger partial charge on any atom is -0.331 e. The number of nitrogens with zero attached hydrogens (tertiary/aromatic N) is 2. The Bertz CT molecular complexity index is 508. The summed E-state index contributed by atoms with van der Waals surface area (Å²) in [6.45, 7) is 1.48. The third-order valence-corrected chi connectivity index (χ3v) is 3.05. The van der Waals surface area contributed by atoms with Gasteiger partial charge < -0.3 is 10.3 Å². The molecule has 5 heteroatoms. The molecule has 90 valence electrons. The molecule has 0 bridgehead atoms. The van der Waals surface area contributed by atoms with E-state index in [4.69, 9.17) is 28.9 Å². The van der Waals surface area contributed by atoms with Gasteiger partial charge in [-0.25, -0.2) is 4.98 Å². The molecule has 0 fully saturated rings. The van der Waals surface area contributed by atoms with E-state index in [0.717, 1.165) is 24.4 Å². The summed E-state index contributed by atoms with van der Waals surface area (Å²) < 4.78 is 2.03. The Balaban J connectivity index is 2.38. The Kier molecular flexibility index (Phi) is 4.05. The minimum atomic E-state index is 0.648. The molecule has 0 radical (unpaired) electrons. The molecule has 0 amide bonds. The maximum absolute atomic E-state index is 6.16. The number of aryl methyl sites for hydroxylation is 1. The van der Waals surface area contributed by atoms with Gasteiger partial charge in [-0.05, 0) is 31.2 Å². The van der Waals surface area contributed by atoms with E-state index in [1.165, 1.54) is 0 Å². The van der Waals surface area contributed by atoms with Crippen molar-refractivity contribution in [1.82, 2.24) is 9.55 Å². The molecule has 0 spiro atoms. The summed E-state index contributed by atoms with van der Waals surface area (Å²) in [7, 11) is 0. The van der Waals surface area contributed by atoms with Crippen LogP contribution in [0.1, 0.15) is 6.42 Å². The Morgan fingerprint density at radius 2 is 2.12 bits per heavy atom. The van der Waals surface area contributed by atoms with E-state index in [0.29, 0.717) is 16.6 Å². The molecule has 1 aromatic heterocycles. The van der Waals surface area contributed by atoms with Crippen LogP contribution in [-0.4, -0.2) is 16.1 Å². The van der Waals surface area contributed by atoms with Gasteiger partial charge in [-0.2, -0.15) is 0 Å². The van der Waals surface area contributed by atoms with Crippen molar-refractivity contribution in [2.24, 2.45) is 5.73 Å². The molecular weight excluding hydrogens is 257 g/mol. The summed E-state index contributed by atoms with van der Waals surface area (Å²) >= 11 is 12.1. The third kappa shape index (κ3) is 2.80. The molecule has 0 aliphatic carbocycles. The van der Waals surface area contributed by atoms with Gasteiger partial charge in [-0.3, -0.25) is 0 Å². The van der Waals surface area contributed by atoms with Crippen LogP contribution in [0.15, 0.2) is 30.6 Å². The average Bonchev–Trinajstić information content (AvgIpc) is 2.77. The second kappa shape index (κ2) is 5.54. The van der Waals surface area contributed by atoms with Crippen LogP contribution in [0.3, 0.4) is 0 Å². The van der Waals surface area contributed by atoms with Crippen LogP contribution in [0.5, 0.6) is 0 Å². The van der Waals surface area contributed by atoms with E-state index in [-0.39, 0.29) is 0 Å². The zero-order chi connectivity index (χ0) is 12.3. The Hall–Kier alpha value is -1.03.